The molecule has 1 aromatic carbocycles. The summed E-state index contributed by atoms with van der Waals surface area (Å²) in [5.74, 6) is -1.58. The highest BCUT2D eigenvalue weighted by Crippen LogP contribution is 2.23. The number of hydrogen-bond donors (Lipinski definition) is 2. The number of nitrogens with zero attached hydrogens (tertiary/aromatic N) is 4. The molecule has 1 aliphatic heterocycles. The van der Waals surface area contributed by atoms with Crippen LogP contribution in [0.25, 0.3) is 0 Å². The Morgan fingerprint density at radius 3 is 2.27 bits per heavy atom. The summed E-state index contributed by atoms with van der Waals surface area (Å²) in [6, 6.07) is 10.3. The van der Waals surface area contributed by atoms with Crippen LogP contribution in [0.4, 0.5) is 0 Å². The second-order valence-corrected chi connectivity index (χ2v) is 8.91. The number of aromatic nitrogens is 2. The van der Waals surface area contributed by atoms with Crippen LogP contribution in [-0.4, -0.2) is 69.6 Å². The van der Waals surface area contributed by atoms with E-state index in [1.54, 1.807) is 43.4 Å². The van der Waals surface area contributed by atoms with Gasteiger partial charge >= 0.3 is 0 Å². The summed E-state index contributed by atoms with van der Waals surface area (Å²) in [4.78, 5) is 49.9. The maximum atomic E-state index is 13.1. The summed E-state index contributed by atoms with van der Waals surface area (Å²) in [7, 11) is 1.70. The standard InChI is InChI=1S/C23H30N6O4/c1-23(2,3)18-13-17(27(4)26-18)22(33)29-12-8-11-28(29)20(31)15-24-19(30)14-25-21(32)16-9-6-5-7-10-16/h5-7,9-10,13H,8,11-12,14-15H2,1-4H3,(H,24,30)(H,25,32). The minimum absolute atomic E-state index is 0.211. The number of aryl methyl sites for hydroxylation is 1. The van der Waals surface area contributed by atoms with E-state index in [-0.39, 0.29) is 30.3 Å². The van der Waals surface area contributed by atoms with Crippen molar-refractivity contribution in [2.24, 2.45) is 7.05 Å². The van der Waals surface area contributed by atoms with Gasteiger partial charge in [0.15, 0.2) is 0 Å². The highest BCUT2D eigenvalue weighted by atomic mass is 16.2. The molecule has 0 saturated carbocycles. The Morgan fingerprint density at radius 2 is 1.64 bits per heavy atom. The number of carbonyl (C=O) groups excluding carboxylic acids is 4. The van der Waals surface area contributed by atoms with Gasteiger partial charge in [0.05, 0.1) is 18.8 Å². The number of hydrazine groups is 1. The van der Waals surface area contributed by atoms with Crippen molar-refractivity contribution in [1.29, 1.82) is 0 Å². The molecule has 4 amide bonds. The zero-order valence-corrected chi connectivity index (χ0v) is 19.4. The normalized spacial score (nSPS) is 13.7. The van der Waals surface area contributed by atoms with Gasteiger partial charge in [0.25, 0.3) is 17.7 Å². The SMILES string of the molecule is Cn1nc(C(C)(C)C)cc1C(=O)N1CCCN1C(=O)CNC(=O)CNC(=O)c1ccccc1. The van der Waals surface area contributed by atoms with Gasteiger partial charge in [0, 0.05) is 31.1 Å². The summed E-state index contributed by atoms with van der Waals surface area (Å²) in [6.45, 7) is 6.30. The van der Waals surface area contributed by atoms with E-state index in [0.29, 0.717) is 30.8 Å². The van der Waals surface area contributed by atoms with Crippen molar-refractivity contribution >= 4 is 23.6 Å². The first-order valence-corrected chi connectivity index (χ1v) is 10.8. The molecule has 0 atom stereocenters. The average molecular weight is 455 g/mol. The van der Waals surface area contributed by atoms with E-state index in [4.69, 9.17) is 0 Å². The van der Waals surface area contributed by atoms with Gasteiger partial charge in [-0.25, -0.2) is 10.0 Å². The van der Waals surface area contributed by atoms with E-state index >= 15 is 0 Å². The fourth-order valence-electron chi connectivity index (χ4n) is 3.43. The highest BCUT2D eigenvalue weighted by Gasteiger charge is 2.33. The van der Waals surface area contributed by atoms with Crippen molar-refractivity contribution in [3.8, 4) is 0 Å². The van der Waals surface area contributed by atoms with Gasteiger partial charge in [0.1, 0.15) is 5.69 Å². The summed E-state index contributed by atoms with van der Waals surface area (Å²) in [5.41, 5.74) is 1.41. The molecule has 0 radical (unpaired) electrons. The summed E-state index contributed by atoms with van der Waals surface area (Å²) in [6.07, 6.45) is 0.641. The molecule has 10 nitrogen and oxygen atoms in total. The van der Waals surface area contributed by atoms with Crippen LogP contribution in [0.1, 0.15) is 53.7 Å². The lowest BCUT2D eigenvalue weighted by Gasteiger charge is -2.27. The second kappa shape index (κ2) is 9.85. The third-order valence-corrected chi connectivity index (χ3v) is 5.30. The third-order valence-electron chi connectivity index (χ3n) is 5.30. The summed E-state index contributed by atoms with van der Waals surface area (Å²) < 4.78 is 1.53. The van der Waals surface area contributed by atoms with Crippen molar-refractivity contribution in [2.45, 2.75) is 32.6 Å². The van der Waals surface area contributed by atoms with Crippen molar-refractivity contribution in [1.82, 2.24) is 30.4 Å². The van der Waals surface area contributed by atoms with Crippen LogP contribution >= 0.6 is 0 Å². The first kappa shape index (κ1) is 24.0. The van der Waals surface area contributed by atoms with E-state index < -0.39 is 11.8 Å². The minimum Gasteiger partial charge on any atom is -0.345 e. The predicted octanol–water partition coefficient (Wildman–Crippen LogP) is 0.853. The Morgan fingerprint density at radius 1 is 0.970 bits per heavy atom. The van der Waals surface area contributed by atoms with Crippen molar-refractivity contribution < 1.29 is 19.2 Å². The average Bonchev–Trinajstić information content (AvgIpc) is 3.43. The van der Waals surface area contributed by atoms with Crippen LogP contribution in [0.3, 0.4) is 0 Å². The first-order chi connectivity index (χ1) is 15.6. The Bertz CT molecular complexity index is 1040. The van der Waals surface area contributed by atoms with Crippen LogP contribution in [-0.2, 0) is 22.1 Å². The second-order valence-electron chi connectivity index (χ2n) is 8.91. The number of nitrogens with one attached hydrogen (secondary N) is 2. The number of benzene rings is 1. The summed E-state index contributed by atoms with van der Waals surface area (Å²) in [5, 5.41) is 12.2. The molecule has 33 heavy (non-hydrogen) atoms. The van der Waals surface area contributed by atoms with Crippen LogP contribution in [0.15, 0.2) is 36.4 Å². The lowest BCUT2D eigenvalue weighted by atomic mass is 9.92. The monoisotopic (exact) mass is 454 g/mol. The van der Waals surface area contributed by atoms with E-state index in [9.17, 15) is 19.2 Å². The van der Waals surface area contributed by atoms with E-state index in [0.717, 1.165) is 5.69 Å². The Hall–Kier alpha value is -3.69. The Kier molecular flexibility index (Phi) is 7.15. The zero-order valence-electron chi connectivity index (χ0n) is 19.4. The Labute approximate surface area is 192 Å². The number of carbonyl (C=O) groups is 4. The number of rotatable bonds is 6. The van der Waals surface area contributed by atoms with Gasteiger partial charge < -0.3 is 10.6 Å². The molecule has 1 fully saturated rings. The van der Waals surface area contributed by atoms with Crippen LogP contribution in [0.2, 0.25) is 0 Å². The lowest BCUT2D eigenvalue weighted by molar-refractivity contribution is -0.140. The van der Waals surface area contributed by atoms with Crippen LogP contribution < -0.4 is 10.6 Å². The molecule has 2 aromatic rings. The van der Waals surface area contributed by atoms with E-state index in [2.05, 4.69) is 15.7 Å². The maximum absolute atomic E-state index is 13.1. The minimum atomic E-state index is -0.494. The van der Waals surface area contributed by atoms with Gasteiger partial charge in [0.2, 0.25) is 5.91 Å². The smallest absolute Gasteiger partial charge is 0.290 e. The number of amides is 4. The van der Waals surface area contributed by atoms with Crippen molar-refractivity contribution in [2.75, 3.05) is 26.2 Å². The third kappa shape index (κ3) is 5.76. The fraction of sp³-hybridized carbons (Fsp3) is 0.435. The topological polar surface area (TPSA) is 117 Å². The van der Waals surface area contributed by atoms with Gasteiger partial charge in [-0.1, -0.05) is 39.0 Å². The zero-order chi connectivity index (χ0) is 24.2. The molecule has 1 saturated heterocycles. The largest absolute Gasteiger partial charge is 0.345 e. The van der Waals surface area contributed by atoms with Gasteiger partial charge in [-0.05, 0) is 24.6 Å². The molecule has 10 heteroatoms. The molecular formula is C23H30N6O4. The van der Waals surface area contributed by atoms with E-state index in [1.165, 1.54) is 14.7 Å². The molecule has 3 rings (SSSR count). The van der Waals surface area contributed by atoms with Crippen LogP contribution in [0, 0.1) is 0 Å². The maximum Gasteiger partial charge on any atom is 0.290 e. The molecule has 2 heterocycles. The van der Waals surface area contributed by atoms with E-state index in [1.807, 2.05) is 20.8 Å². The van der Waals surface area contributed by atoms with Crippen molar-refractivity contribution in [3.63, 3.8) is 0 Å². The van der Waals surface area contributed by atoms with Crippen molar-refractivity contribution in [3.05, 3.63) is 53.3 Å². The molecular weight excluding hydrogens is 424 g/mol. The Balaban J connectivity index is 1.54. The molecule has 0 bridgehead atoms. The summed E-state index contributed by atoms with van der Waals surface area (Å²) >= 11 is 0. The first-order valence-electron chi connectivity index (χ1n) is 10.8. The predicted molar refractivity (Wildman–Crippen MR) is 121 cm³/mol. The van der Waals surface area contributed by atoms with Gasteiger partial charge in [-0.3, -0.25) is 23.9 Å². The molecule has 2 N–H and O–H groups in total. The quantitative estimate of drug-likeness (QED) is 0.671. The molecule has 176 valence electrons. The molecule has 1 aromatic heterocycles. The van der Waals surface area contributed by atoms with Gasteiger partial charge in [-0.15, -0.1) is 0 Å². The molecule has 0 spiro atoms. The number of hydrogen-bond acceptors (Lipinski definition) is 5. The molecule has 1 aliphatic rings. The van der Waals surface area contributed by atoms with Gasteiger partial charge in [-0.2, -0.15) is 5.10 Å². The lowest BCUT2D eigenvalue weighted by Crippen LogP contribution is -2.49. The molecule has 0 unspecified atom stereocenters. The fourth-order valence-corrected chi connectivity index (χ4v) is 3.43. The van der Waals surface area contributed by atoms with Crippen LogP contribution in [0.5, 0.6) is 0 Å². The highest BCUT2D eigenvalue weighted by molar-refractivity contribution is 5.97. The molecule has 0 aliphatic carbocycles.